The van der Waals surface area contributed by atoms with Crippen LogP contribution in [0.5, 0.6) is 0 Å². The van der Waals surface area contributed by atoms with E-state index in [1.54, 1.807) is 0 Å². The molecule has 0 aliphatic carbocycles. The summed E-state index contributed by atoms with van der Waals surface area (Å²) in [7, 11) is 0. The highest BCUT2D eigenvalue weighted by atomic mass is 15.2. The molecule has 2 nitrogen and oxygen atoms in total. The van der Waals surface area contributed by atoms with Gasteiger partial charge < -0.3 is 5.32 Å². The Morgan fingerprint density at radius 1 is 1.20 bits per heavy atom. The largest absolute Gasteiger partial charge is 0.305 e. The number of hydrogen-bond acceptors (Lipinski definition) is 2. The number of piperazine rings is 1. The standard InChI is InChI=1S/C18H30N2/c1-4-6-10-13-20-15-18(3,19-14-17(20)5-2)16-11-8-7-9-12-16/h7-9,11-12,17,19H,4-6,10,13-15H2,1-3H3. The van der Waals surface area contributed by atoms with Gasteiger partial charge in [-0.05, 0) is 31.9 Å². The predicted octanol–water partition coefficient (Wildman–Crippen LogP) is 3.78. The molecule has 2 unspecified atom stereocenters. The number of benzene rings is 1. The lowest BCUT2D eigenvalue weighted by Crippen LogP contribution is -2.61. The topological polar surface area (TPSA) is 15.3 Å². The van der Waals surface area contributed by atoms with Crippen LogP contribution in [0.15, 0.2) is 30.3 Å². The average molecular weight is 274 g/mol. The lowest BCUT2D eigenvalue weighted by Gasteiger charge is -2.46. The lowest BCUT2D eigenvalue weighted by atomic mass is 9.87. The molecule has 1 saturated heterocycles. The predicted molar refractivity (Wildman–Crippen MR) is 87.0 cm³/mol. The molecule has 0 aromatic heterocycles. The Morgan fingerprint density at radius 3 is 2.60 bits per heavy atom. The minimum atomic E-state index is 0.0964. The molecular formula is C18H30N2. The second-order valence-corrected chi connectivity index (χ2v) is 6.32. The molecule has 20 heavy (non-hydrogen) atoms. The maximum Gasteiger partial charge on any atom is 0.0535 e. The highest BCUT2D eigenvalue weighted by Gasteiger charge is 2.35. The molecule has 112 valence electrons. The third-order valence-corrected chi connectivity index (χ3v) is 4.69. The zero-order valence-corrected chi connectivity index (χ0v) is 13.4. The van der Waals surface area contributed by atoms with Crippen molar-refractivity contribution in [3.8, 4) is 0 Å². The van der Waals surface area contributed by atoms with Crippen LogP contribution in [0.2, 0.25) is 0 Å². The summed E-state index contributed by atoms with van der Waals surface area (Å²) >= 11 is 0. The Labute approximate surface area is 124 Å². The Hall–Kier alpha value is -0.860. The van der Waals surface area contributed by atoms with E-state index in [2.05, 4.69) is 61.3 Å². The summed E-state index contributed by atoms with van der Waals surface area (Å²) in [6.45, 7) is 10.4. The van der Waals surface area contributed by atoms with E-state index in [1.165, 1.54) is 37.8 Å². The van der Waals surface area contributed by atoms with Crippen LogP contribution in [0.1, 0.15) is 52.0 Å². The molecular weight excluding hydrogens is 244 g/mol. The fourth-order valence-electron chi connectivity index (χ4n) is 3.29. The van der Waals surface area contributed by atoms with E-state index >= 15 is 0 Å². The molecule has 0 bridgehead atoms. The van der Waals surface area contributed by atoms with Crippen molar-refractivity contribution in [2.75, 3.05) is 19.6 Å². The van der Waals surface area contributed by atoms with Gasteiger partial charge in [-0.25, -0.2) is 0 Å². The van der Waals surface area contributed by atoms with E-state index in [1.807, 2.05) is 0 Å². The maximum atomic E-state index is 3.79. The van der Waals surface area contributed by atoms with Gasteiger partial charge in [0.1, 0.15) is 0 Å². The van der Waals surface area contributed by atoms with Crippen LogP contribution in [0.25, 0.3) is 0 Å². The molecule has 1 aromatic rings. The molecule has 0 amide bonds. The average Bonchev–Trinajstić information content (AvgIpc) is 2.49. The van der Waals surface area contributed by atoms with Crippen LogP contribution in [-0.4, -0.2) is 30.6 Å². The molecule has 0 saturated carbocycles. The van der Waals surface area contributed by atoms with Crippen LogP contribution in [-0.2, 0) is 5.54 Å². The van der Waals surface area contributed by atoms with E-state index in [0.717, 1.165) is 13.1 Å². The van der Waals surface area contributed by atoms with Gasteiger partial charge in [-0.2, -0.15) is 0 Å². The van der Waals surface area contributed by atoms with Gasteiger partial charge in [-0.3, -0.25) is 4.90 Å². The summed E-state index contributed by atoms with van der Waals surface area (Å²) in [6.07, 6.45) is 5.23. The van der Waals surface area contributed by atoms with Crippen molar-refractivity contribution in [2.24, 2.45) is 0 Å². The second-order valence-electron chi connectivity index (χ2n) is 6.32. The fraction of sp³-hybridized carbons (Fsp3) is 0.667. The first-order chi connectivity index (χ1) is 9.69. The minimum absolute atomic E-state index is 0.0964. The van der Waals surface area contributed by atoms with E-state index < -0.39 is 0 Å². The number of nitrogens with one attached hydrogen (secondary N) is 1. The molecule has 1 aromatic carbocycles. The van der Waals surface area contributed by atoms with Crippen LogP contribution in [0, 0.1) is 0 Å². The minimum Gasteiger partial charge on any atom is -0.305 e. The molecule has 1 N–H and O–H groups in total. The maximum absolute atomic E-state index is 3.79. The third-order valence-electron chi connectivity index (χ3n) is 4.69. The third kappa shape index (κ3) is 3.62. The smallest absolute Gasteiger partial charge is 0.0535 e. The zero-order chi connectivity index (χ0) is 14.4. The van der Waals surface area contributed by atoms with Gasteiger partial charge in [0, 0.05) is 19.1 Å². The summed E-state index contributed by atoms with van der Waals surface area (Å²) in [5, 5.41) is 3.79. The molecule has 1 heterocycles. The highest BCUT2D eigenvalue weighted by molar-refractivity contribution is 5.25. The summed E-state index contributed by atoms with van der Waals surface area (Å²) in [5.41, 5.74) is 1.51. The van der Waals surface area contributed by atoms with Crippen LogP contribution in [0.4, 0.5) is 0 Å². The van der Waals surface area contributed by atoms with Crippen molar-refractivity contribution in [3.63, 3.8) is 0 Å². The van der Waals surface area contributed by atoms with Crippen molar-refractivity contribution in [1.29, 1.82) is 0 Å². The van der Waals surface area contributed by atoms with Crippen LogP contribution in [0.3, 0.4) is 0 Å². The lowest BCUT2D eigenvalue weighted by molar-refractivity contribution is 0.0815. The first-order valence-corrected chi connectivity index (χ1v) is 8.24. The quantitative estimate of drug-likeness (QED) is 0.794. The molecule has 1 fully saturated rings. The van der Waals surface area contributed by atoms with Gasteiger partial charge >= 0.3 is 0 Å². The van der Waals surface area contributed by atoms with Gasteiger partial charge in [0.15, 0.2) is 0 Å². The highest BCUT2D eigenvalue weighted by Crippen LogP contribution is 2.27. The normalized spacial score (nSPS) is 27.6. The molecule has 0 radical (unpaired) electrons. The van der Waals surface area contributed by atoms with Crippen molar-refractivity contribution < 1.29 is 0 Å². The van der Waals surface area contributed by atoms with Gasteiger partial charge in [0.2, 0.25) is 0 Å². The monoisotopic (exact) mass is 274 g/mol. The molecule has 1 aliphatic rings. The van der Waals surface area contributed by atoms with Crippen molar-refractivity contribution in [2.45, 2.75) is 58.0 Å². The van der Waals surface area contributed by atoms with E-state index in [0.29, 0.717) is 6.04 Å². The Bertz CT molecular complexity index is 390. The molecule has 1 aliphatic heterocycles. The summed E-state index contributed by atoms with van der Waals surface area (Å²) < 4.78 is 0. The Morgan fingerprint density at radius 2 is 1.95 bits per heavy atom. The van der Waals surface area contributed by atoms with Gasteiger partial charge in [-0.15, -0.1) is 0 Å². The van der Waals surface area contributed by atoms with Crippen LogP contribution < -0.4 is 5.32 Å². The van der Waals surface area contributed by atoms with E-state index in [-0.39, 0.29) is 5.54 Å². The molecule has 2 atom stereocenters. The number of rotatable bonds is 6. The molecule has 2 rings (SSSR count). The fourth-order valence-corrected chi connectivity index (χ4v) is 3.29. The SMILES string of the molecule is CCCCCN1CC(C)(c2ccccc2)NCC1CC. The Balaban J connectivity index is 2.06. The molecule has 0 spiro atoms. The van der Waals surface area contributed by atoms with Crippen molar-refractivity contribution in [1.82, 2.24) is 10.2 Å². The van der Waals surface area contributed by atoms with Crippen molar-refractivity contribution in [3.05, 3.63) is 35.9 Å². The summed E-state index contributed by atoms with van der Waals surface area (Å²) in [6, 6.07) is 11.6. The Kier molecular flexibility index (Phi) is 5.62. The van der Waals surface area contributed by atoms with Gasteiger partial charge in [0.25, 0.3) is 0 Å². The van der Waals surface area contributed by atoms with E-state index in [4.69, 9.17) is 0 Å². The van der Waals surface area contributed by atoms with Gasteiger partial charge in [-0.1, -0.05) is 57.0 Å². The molecule has 2 heteroatoms. The number of unbranched alkanes of at least 4 members (excludes halogenated alkanes) is 2. The van der Waals surface area contributed by atoms with Gasteiger partial charge in [0.05, 0.1) is 5.54 Å². The summed E-state index contributed by atoms with van der Waals surface area (Å²) in [4.78, 5) is 2.71. The first-order valence-electron chi connectivity index (χ1n) is 8.24. The first kappa shape index (κ1) is 15.5. The number of nitrogens with zero attached hydrogens (tertiary/aromatic N) is 1. The number of hydrogen-bond donors (Lipinski definition) is 1. The zero-order valence-electron chi connectivity index (χ0n) is 13.4. The van der Waals surface area contributed by atoms with Crippen molar-refractivity contribution >= 4 is 0 Å². The summed E-state index contributed by atoms with van der Waals surface area (Å²) in [5.74, 6) is 0. The second kappa shape index (κ2) is 7.24. The van der Waals surface area contributed by atoms with E-state index in [9.17, 15) is 0 Å². The van der Waals surface area contributed by atoms with Crippen LogP contribution >= 0.6 is 0 Å².